The smallest absolute Gasteiger partial charge is 0.217 e. The van der Waals surface area contributed by atoms with Crippen LogP contribution in [0.2, 0.25) is 0 Å². The Morgan fingerprint density at radius 3 is 2.50 bits per heavy atom. The highest BCUT2D eigenvalue weighted by Crippen LogP contribution is 2.20. The number of nitrogens with one attached hydrogen (secondary N) is 1. The fourth-order valence-electron chi connectivity index (χ4n) is 2.18. The topological polar surface area (TPSA) is 46.2 Å². The third-order valence-corrected chi connectivity index (χ3v) is 2.89. The van der Waals surface area contributed by atoms with Crippen LogP contribution in [0.4, 0.5) is 0 Å². The van der Waals surface area contributed by atoms with E-state index in [2.05, 4.69) is 11.4 Å². The van der Waals surface area contributed by atoms with E-state index in [0.717, 1.165) is 25.7 Å². The molecule has 3 heteroatoms. The van der Waals surface area contributed by atoms with Gasteiger partial charge in [-0.05, 0) is 25.7 Å². The summed E-state index contributed by atoms with van der Waals surface area (Å²) in [4.78, 5) is 22.0. The zero-order chi connectivity index (χ0) is 12.0. The van der Waals surface area contributed by atoms with Crippen LogP contribution in [0, 0.1) is 5.92 Å². The molecule has 0 fully saturated rings. The third-order valence-electron chi connectivity index (χ3n) is 2.89. The van der Waals surface area contributed by atoms with Crippen LogP contribution in [0.15, 0.2) is 12.2 Å². The number of allylic oxidation sites excluding steroid dienone is 1. The van der Waals surface area contributed by atoms with Gasteiger partial charge in [0.2, 0.25) is 5.91 Å². The summed E-state index contributed by atoms with van der Waals surface area (Å²) in [5, 5.41) is 2.91. The molecule has 0 aliphatic heterocycles. The summed E-state index contributed by atoms with van der Waals surface area (Å²) in [5.41, 5.74) is 0. The Balaban J connectivity index is 2.54. The highest BCUT2D eigenvalue weighted by Gasteiger charge is 2.13. The van der Waals surface area contributed by atoms with Crippen molar-refractivity contribution in [3.05, 3.63) is 12.2 Å². The SMILES string of the molecule is CC(=O)CC1/C=C/C(NC(C)=O)CCCC1. The van der Waals surface area contributed by atoms with Gasteiger partial charge in [-0.2, -0.15) is 0 Å². The Morgan fingerprint density at radius 1 is 1.19 bits per heavy atom. The summed E-state index contributed by atoms with van der Waals surface area (Å²) in [7, 11) is 0. The van der Waals surface area contributed by atoms with Gasteiger partial charge < -0.3 is 10.1 Å². The van der Waals surface area contributed by atoms with Gasteiger partial charge in [-0.1, -0.05) is 25.0 Å². The van der Waals surface area contributed by atoms with Crippen molar-refractivity contribution in [2.45, 2.75) is 52.0 Å². The first-order chi connectivity index (χ1) is 7.58. The average Bonchev–Trinajstić information content (AvgIpc) is 2.14. The quantitative estimate of drug-likeness (QED) is 0.746. The maximum atomic E-state index is 11.1. The van der Waals surface area contributed by atoms with E-state index in [1.165, 1.54) is 0 Å². The number of ketones is 1. The highest BCUT2D eigenvalue weighted by atomic mass is 16.1. The van der Waals surface area contributed by atoms with Crippen LogP contribution in [-0.4, -0.2) is 17.7 Å². The maximum Gasteiger partial charge on any atom is 0.217 e. The summed E-state index contributed by atoms with van der Waals surface area (Å²) in [5.74, 6) is 0.610. The van der Waals surface area contributed by atoms with E-state index >= 15 is 0 Å². The molecule has 3 nitrogen and oxygen atoms in total. The predicted octanol–water partition coefficient (Wildman–Crippen LogP) is 2.22. The van der Waals surface area contributed by atoms with Crippen LogP contribution < -0.4 is 5.32 Å². The Morgan fingerprint density at radius 2 is 1.88 bits per heavy atom. The number of hydrogen-bond donors (Lipinski definition) is 1. The molecule has 1 N–H and O–H groups in total. The first-order valence-corrected chi connectivity index (χ1v) is 6.03. The molecule has 0 aromatic rings. The summed E-state index contributed by atoms with van der Waals surface area (Å²) >= 11 is 0. The molecular formula is C13H21NO2. The van der Waals surface area contributed by atoms with Gasteiger partial charge in [-0.3, -0.25) is 4.79 Å². The molecular weight excluding hydrogens is 202 g/mol. The Hall–Kier alpha value is -1.12. The standard InChI is InChI=1S/C13H21NO2/c1-10(15)9-12-5-3-4-6-13(8-7-12)14-11(2)16/h7-8,12-13H,3-6,9H2,1-2H3,(H,14,16)/b8-7+. The van der Waals surface area contributed by atoms with Crippen LogP contribution in [0.3, 0.4) is 0 Å². The first kappa shape index (κ1) is 12.9. The van der Waals surface area contributed by atoms with Gasteiger partial charge in [0.15, 0.2) is 0 Å². The second-order valence-corrected chi connectivity index (χ2v) is 4.64. The van der Waals surface area contributed by atoms with Gasteiger partial charge in [-0.25, -0.2) is 0 Å². The monoisotopic (exact) mass is 223 g/mol. The lowest BCUT2D eigenvalue weighted by atomic mass is 9.91. The van der Waals surface area contributed by atoms with Gasteiger partial charge in [0.05, 0.1) is 0 Å². The molecule has 1 rings (SSSR count). The van der Waals surface area contributed by atoms with E-state index in [4.69, 9.17) is 0 Å². The van der Waals surface area contributed by atoms with E-state index in [-0.39, 0.29) is 17.7 Å². The minimum absolute atomic E-state index is 0.0124. The summed E-state index contributed by atoms with van der Waals surface area (Å²) < 4.78 is 0. The van der Waals surface area contributed by atoms with Crippen molar-refractivity contribution < 1.29 is 9.59 Å². The highest BCUT2D eigenvalue weighted by molar-refractivity contribution is 5.76. The molecule has 1 amide bonds. The van der Waals surface area contributed by atoms with Gasteiger partial charge >= 0.3 is 0 Å². The third kappa shape index (κ3) is 5.10. The van der Waals surface area contributed by atoms with Crippen molar-refractivity contribution in [3.8, 4) is 0 Å². The second-order valence-electron chi connectivity index (χ2n) is 4.64. The molecule has 0 radical (unpaired) electrons. The van der Waals surface area contributed by atoms with Crippen LogP contribution in [0.5, 0.6) is 0 Å². The summed E-state index contributed by atoms with van der Waals surface area (Å²) in [6.45, 7) is 3.18. The number of hydrogen-bond acceptors (Lipinski definition) is 2. The zero-order valence-corrected chi connectivity index (χ0v) is 10.2. The van der Waals surface area contributed by atoms with Crippen molar-refractivity contribution in [1.29, 1.82) is 0 Å². The number of carbonyl (C=O) groups is 2. The van der Waals surface area contributed by atoms with Crippen molar-refractivity contribution in [2.75, 3.05) is 0 Å². The van der Waals surface area contributed by atoms with E-state index in [1.54, 1.807) is 13.8 Å². The van der Waals surface area contributed by atoms with Gasteiger partial charge in [0, 0.05) is 19.4 Å². The molecule has 0 aromatic carbocycles. The van der Waals surface area contributed by atoms with E-state index in [9.17, 15) is 9.59 Å². The molecule has 0 spiro atoms. The molecule has 1 aliphatic carbocycles. The minimum Gasteiger partial charge on any atom is -0.350 e. The zero-order valence-electron chi connectivity index (χ0n) is 10.2. The summed E-state index contributed by atoms with van der Waals surface area (Å²) in [6, 6.07) is 0.146. The maximum absolute atomic E-state index is 11.1. The molecule has 0 heterocycles. The first-order valence-electron chi connectivity index (χ1n) is 6.03. The molecule has 0 aromatic heterocycles. The lowest BCUT2D eigenvalue weighted by Gasteiger charge is -2.19. The van der Waals surface area contributed by atoms with Crippen LogP contribution in [0.1, 0.15) is 46.0 Å². The minimum atomic E-state index is 0.0124. The largest absolute Gasteiger partial charge is 0.350 e. The average molecular weight is 223 g/mol. The molecule has 0 saturated heterocycles. The van der Waals surface area contributed by atoms with E-state index < -0.39 is 0 Å². The number of Topliss-reactive ketones (excluding diaryl/α,β-unsaturated/α-hetero) is 1. The van der Waals surface area contributed by atoms with Crippen molar-refractivity contribution >= 4 is 11.7 Å². The van der Waals surface area contributed by atoms with Crippen molar-refractivity contribution in [3.63, 3.8) is 0 Å². The van der Waals surface area contributed by atoms with Crippen LogP contribution in [-0.2, 0) is 9.59 Å². The van der Waals surface area contributed by atoms with E-state index in [0.29, 0.717) is 12.3 Å². The van der Waals surface area contributed by atoms with Crippen LogP contribution in [0.25, 0.3) is 0 Å². The number of carbonyl (C=O) groups excluding carboxylic acids is 2. The number of amides is 1. The second kappa shape index (κ2) is 6.46. The molecule has 0 bridgehead atoms. The molecule has 2 atom stereocenters. The Kier molecular flexibility index (Phi) is 5.23. The normalized spacial score (nSPS) is 27.6. The molecule has 90 valence electrons. The van der Waals surface area contributed by atoms with Crippen molar-refractivity contribution in [1.82, 2.24) is 5.32 Å². The molecule has 0 saturated carbocycles. The number of rotatable bonds is 3. The predicted molar refractivity (Wildman–Crippen MR) is 64.0 cm³/mol. The van der Waals surface area contributed by atoms with Gasteiger partial charge in [-0.15, -0.1) is 0 Å². The molecule has 1 aliphatic rings. The lowest BCUT2D eigenvalue weighted by Crippen LogP contribution is -2.32. The van der Waals surface area contributed by atoms with E-state index in [1.807, 2.05) is 6.08 Å². The fourth-order valence-corrected chi connectivity index (χ4v) is 2.18. The van der Waals surface area contributed by atoms with Gasteiger partial charge in [0.25, 0.3) is 0 Å². The Bertz CT molecular complexity index is 256. The molecule has 16 heavy (non-hydrogen) atoms. The van der Waals surface area contributed by atoms with Crippen molar-refractivity contribution in [2.24, 2.45) is 5.92 Å². The lowest BCUT2D eigenvalue weighted by molar-refractivity contribution is -0.119. The van der Waals surface area contributed by atoms with Crippen LogP contribution >= 0.6 is 0 Å². The Labute approximate surface area is 97.3 Å². The van der Waals surface area contributed by atoms with Gasteiger partial charge in [0.1, 0.15) is 5.78 Å². The fraction of sp³-hybridized carbons (Fsp3) is 0.692. The molecule has 2 unspecified atom stereocenters. The summed E-state index contributed by atoms with van der Waals surface area (Å²) in [6.07, 6.45) is 9.12.